The van der Waals surface area contributed by atoms with E-state index in [1.807, 2.05) is 0 Å². The van der Waals surface area contributed by atoms with Crippen LogP contribution in [0.3, 0.4) is 0 Å². The highest BCUT2D eigenvalue weighted by atomic mass is 32.2. The molecule has 1 unspecified atom stereocenters. The van der Waals surface area contributed by atoms with Crippen molar-refractivity contribution < 1.29 is 22.9 Å². The van der Waals surface area contributed by atoms with Gasteiger partial charge >= 0.3 is 0 Å². The Morgan fingerprint density at radius 1 is 1.57 bits per heavy atom. The zero-order valence-electron chi connectivity index (χ0n) is 7.51. The highest BCUT2D eigenvalue weighted by Gasteiger charge is 2.09. The van der Waals surface area contributed by atoms with Crippen molar-refractivity contribution in [2.24, 2.45) is 0 Å². The van der Waals surface area contributed by atoms with E-state index in [1.165, 1.54) is 0 Å². The third-order valence-corrected chi connectivity index (χ3v) is 2.18. The topological polar surface area (TPSA) is 104 Å². The second kappa shape index (κ2) is 5.74. The predicted octanol–water partition coefficient (Wildman–Crippen LogP) is -0.725. The Morgan fingerprint density at radius 3 is 2.57 bits per heavy atom. The summed E-state index contributed by atoms with van der Waals surface area (Å²) >= 11 is 0. The molecule has 82 valence electrons. The minimum Gasteiger partial charge on any atom is -0.374 e. The molecule has 0 saturated carbocycles. The maximum atomic E-state index is 10.6. The van der Waals surface area contributed by atoms with E-state index in [4.69, 9.17) is 9.66 Å². The van der Waals surface area contributed by atoms with Crippen LogP contribution in [0.2, 0.25) is 0 Å². The van der Waals surface area contributed by atoms with Crippen molar-refractivity contribution in [3.63, 3.8) is 0 Å². The Balaban J connectivity index is 3.70. The van der Waals surface area contributed by atoms with Gasteiger partial charge in [-0.1, -0.05) is 6.58 Å². The first-order valence-corrected chi connectivity index (χ1v) is 5.52. The number of amides is 1. The molecule has 0 aliphatic heterocycles. The number of carbonyl (C=O) groups excluding carboxylic acids is 1. The van der Waals surface area contributed by atoms with E-state index in [9.17, 15) is 13.2 Å². The third-order valence-electron chi connectivity index (χ3n) is 1.37. The molecule has 0 spiro atoms. The molecule has 0 heterocycles. The summed E-state index contributed by atoms with van der Waals surface area (Å²) in [5, 5.41) is 11.2. The van der Waals surface area contributed by atoms with Crippen molar-refractivity contribution in [3.05, 3.63) is 12.7 Å². The molecule has 0 aromatic rings. The van der Waals surface area contributed by atoms with Crippen LogP contribution in [-0.2, 0) is 14.9 Å². The first-order chi connectivity index (χ1) is 6.35. The zero-order chi connectivity index (χ0) is 11.2. The van der Waals surface area contributed by atoms with Crippen LogP contribution in [0.4, 0.5) is 0 Å². The van der Waals surface area contributed by atoms with Gasteiger partial charge in [-0.3, -0.25) is 9.35 Å². The molecule has 0 aliphatic rings. The zero-order valence-corrected chi connectivity index (χ0v) is 8.33. The Bertz CT molecular complexity index is 297. The molecule has 0 rings (SSSR count). The largest absolute Gasteiger partial charge is 0.374 e. The monoisotopic (exact) mass is 223 g/mol. The number of hydrogen-bond donors (Lipinski definition) is 3. The van der Waals surface area contributed by atoms with Crippen molar-refractivity contribution >= 4 is 16.0 Å². The van der Waals surface area contributed by atoms with Crippen molar-refractivity contribution in [1.82, 2.24) is 5.32 Å². The van der Waals surface area contributed by atoms with Crippen LogP contribution < -0.4 is 5.32 Å². The van der Waals surface area contributed by atoms with E-state index >= 15 is 0 Å². The summed E-state index contributed by atoms with van der Waals surface area (Å²) in [5.74, 6) is -0.974. The van der Waals surface area contributed by atoms with Crippen molar-refractivity contribution in [1.29, 1.82) is 0 Å². The van der Waals surface area contributed by atoms with E-state index in [2.05, 4.69) is 11.9 Å². The summed E-state index contributed by atoms with van der Waals surface area (Å²) in [6.07, 6.45) is -0.00903. The molecule has 7 heteroatoms. The number of aliphatic hydroxyl groups excluding tert-OH is 1. The summed E-state index contributed by atoms with van der Waals surface area (Å²) in [5.41, 5.74) is 0. The summed E-state index contributed by atoms with van der Waals surface area (Å²) in [6, 6.07) is 0. The van der Waals surface area contributed by atoms with Gasteiger partial charge in [-0.25, -0.2) is 0 Å². The molecule has 0 radical (unpaired) electrons. The van der Waals surface area contributed by atoms with Gasteiger partial charge in [0.05, 0.1) is 5.75 Å². The Labute approximate surface area is 82.4 Å². The molecule has 0 fully saturated rings. The molecular weight excluding hydrogens is 210 g/mol. The molecule has 3 N–H and O–H groups in total. The fourth-order valence-electron chi connectivity index (χ4n) is 0.754. The van der Waals surface area contributed by atoms with Gasteiger partial charge in [-0.05, 0) is 18.9 Å². The van der Waals surface area contributed by atoms with Crippen LogP contribution in [0, 0.1) is 0 Å². The van der Waals surface area contributed by atoms with Crippen LogP contribution in [-0.4, -0.2) is 36.0 Å². The van der Waals surface area contributed by atoms with Crippen LogP contribution >= 0.6 is 0 Å². The van der Waals surface area contributed by atoms with Gasteiger partial charge in [0.25, 0.3) is 10.1 Å². The molecule has 0 aliphatic carbocycles. The van der Waals surface area contributed by atoms with Crippen molar-refractivity contribution in [3.8, 4) is 0 Å². The van der Waals surface area contributed by atoms with Gasteiger partial charge in [0, 0.05) is 0 Å². The molecule has 0 bridgehead atoms. The van der Waals surface area contributed by atoms with E-state index in [1.54, 1.807) is 0 Å². The lowest BCUT2D eigenvalue weighted by Crippen LogP contribution is -2.33. The molecule has 0 aromatic carbocycles. The second-order valence-corrected chi connectivity index (χ2v) is 4.23. The minimum absolute atomic E-state index is 0.0549. The number of nitrogens with one attached hydrogen (secondary N) is 1. The van der Waals surface area contributed by atoms with Gasteiger partial charge < -0.3 is 10.4 Å². The predicted molar refractivity (Wildman–Crippen MR) is 50.0 cm³/mol. The maximum Gasteiger partial charge on any atom is 0.264 e. The smallest absolute Gasteiger partial charge is 0.264 e. The summed E-state index contributed by atoms with van der Waals surface area (Å²) < 4.78 is 28.9. The molecule has 14 heavy (non-hydrogen) atoms. The van der Waals surface area contributed by atoms with E-state index in [-0.39, 0.29) is 12.8 Å². The lowest BCUT2D eigenvalue weighted by atomic mass is 10.3. The number of hydrogen-bond acceptors (Lipinski definition) is 4. The molecule has 0 saturated heterocycles. The van der Waals surface area contributed by atoms with Crippen LogP contribution in [0.15, 0.2) is 12.7 Å². The SMILES string of the molecule is C=CC(=O)NC(O)CCCS(=O)(=O)O. The molecule has 6 nitrogen and oxygen atoms in total. The normalized spacial score (nSPS) is 13.3. The van der Waals surface area contributed by atoms with Crippen molar-refractivity contribution in [2.75, 3.05) is 5.75 Å². The van der Waals surface area contributed by atoms with E-state index < -0.39 is 28.0 Å². The van der Waals surface area contributed by atoms with Gasteiger partial charge in [0.15, 0.2) is 0 Å². The molecular formula is C7H13NO5S. The fraction of sp³-hybridized carbons (Fsp3) is 0.571. The van der Waals surface area contributed by atoms with E-state index in [0.717, 1.165) is 6.08 Å². The average Bonchev–Trinajstić information content (AvgIpc) is 2.01. The standard InChI is InChI=1S/C7H13NO5S/c1-2-6(9)8-7(10)4-3-5-14(11,12)13/h2,7,10H,1,3-5H2,(H,8,9)(H,11,12,13). The number of aliphatic hydroxyl groups is 1. The highest BCUT2D eigenvalue weighted by molar-refractivity contribution is 7.85. The first kappa shape index (κ1) is 13.1. The number of rotatable bonds is 6. The Hall–Kier alpha value is -0.920. The quantitative estimate of drug-likeness (QED) is 0.313. The molecule has 1 atom stereocenters. The summed E-state index contributed by atoms with van der Waals surface area (Å²) in [7, 11) is -4.00. The van der Waals surface area contributed by atoms with Gasteiger partial charge in [-0.15, -0.1) is 0 Å². The van der Waals surface area contributed by atoms with Crippen LogP contribution in [0.1, 0.15) is 12.8 Å². The number of carbonyl (C=O) groups is 1. The Morgan fingerprint density at radius 2 is 2.14 bits per heavy atom. The third kappa shape index (κ3) is 7.71. The molecule has 0 aromatic heterocycles. The fourth-order valence-corrected chi connectivity index (χ4v) is 1.29. The first-order valence-electron chi connectivity index (χ1n) is 3.91. The molecule has 1 amide bonds. The van der Waals surface area contributed by atoms with Gasteiger partial charge in [0.1, 0.15) is 6.23 Å². The summed E-state index contributed by atoms with van der Waals surface area (Å²) in [4.78, 5) is 10.6. The maximum absolute atomic E-state index is 10.6. The second-order valence-electron chi connectivity index (χ2n) is 2.66. The van der Waals surface area contributed by atoms with Crippen LogP contribution in [0.25, 0.3) is 0 Å². The van der Waals surface area contributed by atoms with Crippen LogP contribution in [0.5, 0.6) is 0 Å². The summed E-state index contributed by atoms with van der Waals surface area (Å²) in [6.45, 7) is 3.17. The van der Waals surface area contributed by atoms with Gasteiger partial charge in [-0.2, -0.15) is 8.42 Å². The highest BCUT2D eigenvalue weighted by Crippen LogP contribution is 1.97. The Kier molecular flexibility index (Phi) is 5.36. The lowest BCUT2D eigenvalue weighted by molar-refractivity contribution is -0.119. The van der Waals surface area contributed by atoms with Crippen molar-refractivity contribution in [2.45, 2.75) is 19.1 Å². The minimum atomic E-state index is -4.00. The average molecular weight is 223 g/mol. The lowest BCUT2D eigenvalue weighted by Gasteiger charge is -2.09. The van der Waals surface area contributed by atoms with E-state index in [0.29, 0.717) is 0 Å². The van der Waals surface area contributed by atoms with Gasteiger partial charge in [0.2, 0.25) is 5.91 Å².